The monoisotopic (exact) mass is 118 g/mol. The Hall–Kier alpha value is -1.31. The van der Waals surface area contributed by atoms with Crippen LogP contribution < -0.4 is 15.7 Å². The van der Waals surface area contributed by atoms with E-state index in [1.807, 2.05) is 24.4 Å². The van der Waals surface area contributed by atoms with Crippen molar-refractivity contribution >= 4 is 6.08 Å². The highest BCUT2D eigenvalue weighted by Crippen LogP contribution is 1.72. The number of nitrogens with zero attached hydrogens (tertiary/aromatic N) is 1. The molecule has 1 aromatic heterocycles. The van der Waals surface area contributed by atoms with E-state index in [4.69, 9.17) is 0 Å². The Labute approximate surface area is 52.2 Å². The van der Waals surface area contributed by atoms with E-state index >= 15 is 0 Å². The first kappa shape index (κ1) is 4.56. The Kier molecular flexibility index (Phi) is 0.803. The van der Waals surface area contributed by atoms with Crippen LogP contribution in [0.2, 0.25) is 0 Å². The van der Waals surface area contributed by atoms with Crippen LogP contribution in [0.1, 0.15) is 0 Å². The third-order valence-electron chi connectivity index (χ3n) is 1.32. The second-order valence-electron chi connectivity index (χ2n) is 1.92. The van der Waals surface area contributed by atoms with Crippen LogP contribution in [0.5, 0.6) is 0 Å². The van der Waals surface area contributed by atoms with Crippen molar-refractivity contribution in [2.24, 2.45) is 0 Å². The van der Waals surface area contributed by atoms with Gasteiger partial charge in [0.05, 0.1) is 11.4 Å². The molecule has 1 N–H and O–H groups in total. The fourth-order valence-electron chi connectivity index (χ4n) is 0.883. The third kappa shape index (κ3) is 0.598. The quantitative estimate of drug-likeness (QED) is 0.466. The average molecular weight is 118 g/mol. The third-order valence-corrected chi connectivity index (χ3v) is 1.32. The number of nitrogens with one attached hydrogen (secondary N) is 1. The maximum atomic E-state index is 4.09. The molecule has 1 aromatic rings. The van der Waals surface area contributed by atoms with Gasteiger partial charge in [0.2, 0.25) is 0 Å². The molecule has 1 aliphatic heterocycles. The minimum atomic E-state index is 0.956. The van der Waals surface area contributed by atoms with Gasteiger partial charge in [-0.1, -0.05) is 0 Å². The summed E-state index contributed by atoms with van der Waals surface area (Å²) in [6.45, 7) is 0. The van der Waals surface area contributed by atoms with Gasteiger partial charge in [0.1, 0.15) is 6.20 Å². The molecule has 9 heavy (non-hydrogen) atoms. The van der Waals surface area contributed by atoms with Crippen molar-refractivity contribution in [1.82, 2.24) is 9.98 Å². The molecule has 0 atom stereocenters. The fraction of sp³-hybridized carbons (Fsp3) is 0. The van der Waals surface area contributed by atoms with Gasteiger partial charge in [-0.05, 0) is 23.2 Å². The van der Waals surface area contributed by atoms with Crippen molar-refractivity contribution in [2.45, 2.75) is 0 Å². The summed E-state index contributed by atoms with van der Waals surface area (Å²) in [4.78, 5) is 7.09. The summed E-state index contributed by atoms with van der Waals surface area (Å²) < 4.78 is 0. The van der Waals surface area contributed by atoms with E-state index in [0.29, 0.717) is 0 Å². The van der Waals surface area contributed by atoms with Crippen LogP contribution in [-0.2, 0) is 0 Å². The number of allylic oxidation sites excluding steroid dienone is 1. The molecule has 2 heterocycles. The molecule has 0 aromatic carbocycles. The molecule has 2 rings (SSSR count). The van der Waals surface area contributed by atoms with Gasteiger partial charge in [0.15, 0.2) is 0 Å². The van der Waals surface area contributed by atoms with Crippen molar-refractivity contribution in [1.29, 1.82) is 0 Å². The molecule has 2 nitrogen and oxygen atoms in total. The molecule has 0 saturated heterocycles. The molecule has 2 heteroatoms. The number of hydrogen-bond acceptors (Lipinski definition) is 1. The van der Waals surface area contributed by atoms with Crippen molar-refractivity contribution in [3.8, 4) is 0 Å². The highest BCUT2D eigenvalue weighted by molar-refractivity contribution is 5.36. The van der Waals surface area contributed by atoms with Crippen molar-refractivity contribution in [3.05, 3.63) is 35.2 Å². The molecule has 0 unspecified atom stereocenters. The predicted octanol–water partition coefficient (Wildman–Crippen LogP) is -0.722. The first-order chi connectivity index (χ1) is 4.47. The molecule has 43 valence electrons. The number of aromatic nitrogens is 1. The lowest BCUT2D eigenvalue weighted by molar-refractivity contribution is 1.09. The lowest BCUT2D eigenvalue weighted by Gasteiger charge is -1.72. The minimum absolute atomic E-state index is 0.956. The zero-order valence-electron chi connectivity index (χ0n) is 4.83. The molecule has 0 amide bonds. The Balaban J connectivity index is 2.99. The van der Waals surface area contributed by atoms with Gasteiger partial charge in [-0.15, -0.1) is 0 Å². The fourth-order valence-corrected chi connectivity index (χ4v) is 0.883. The lowest BCUT2D eigenvalue weighted by atomic mass is 10.4. The molecule has 1 aliphatic rings. The van der Waals surface area contributed by atoms with Crippen LogP contribution in [0.25, 0.3) is 6.08 Å². The summed E-state index contributed by atoms with van der Waals surface area (Å²) in [5.41, 5.74) is 0.956. The van der Waals surface area contributed by atoms with Crippen molar-refractivity contribution in [3.63, 3.8) is 0 Å². The number of rotatable bonds is 0. The number of H-pyrrole nitrogens is 1. The van der Waals surface area contributed by atoms with E-state index in [-0.39, 0.29) is 0 Å². The van der Waals surface area contributed by atoms with Gasteiger partial charge in [-0.2, -0.15) is 0 Å². The van der Waals surface area contributed by atoms with Crippen LogP contribution in [0.4, 0.5) is 0 Å². The topological polar surface area (TPSA) is 29.9 Å². The molecule has 0 spiro atoms. The standard InChI is InChI=1S/C7H6N2/c1-2-6-3-5-9-7(6)8-4-1/h1-5,9H/q+1. The highest BCUT2D eigenvalue weighted by Gasteiger charge is 1.96. The summed E-state index contributed by atoms with van der Waals surface area (Å²) in [7, 11) is 0. The molecular formula is C7H6N2+. The summed E-state index contributed by atoms with van der Waals surface area (Å²) in [5, 5.41) is 1.16. The smallest absolute Gasteiger partial charge is 0.244 e. The van der Waals surface area contributed by atoms with Gasteiger partial charge in [-0.3, -0.25) is 0 Å². The second-order valence-corrected chi connectivity index (χ2v) is 1.92. The molecule has 0 aliphatic carbocycles. The highest BCUT2D eigenvalue weighted by atomic mass is 14.8. The number of fused-ring (bicyclic) bond motifs is 1. The van der Waals surface area contributed by atoms with Gasteiger partial charge in [-0.25, -0.2) is 4.98 Å². The van der Waals surface area contributed by atoms with Crippen LogP contribution in [0, 0.1) is 0 Å². The zero-order valence-corrected chi connectivity index (χ0v) is 4.83. The maximum Gasteiger partial charge on any atom is 0.328 e. The first-order valence-corrected chi connectivity index (χ1v) is 2.85. The number of hydrogen-bond donors (Lipinski definition) is 1. The first-order valence-electron chi connectivity index (χ1n) is 2.85. The van der Waals surface area contributed by atoms with E-state index in [9.17, 15) is 0 Å². The Bertz CT molecular complexity index is 311. The summed E-state index contributed by atoms with van der Waals surface area (Å²) in [6, 6.07) is 2.00. The molecule has 1 radical (unpaired) electrons. The molecule has 0 saturated carbocycles. The van der Waals surface area contributed by atoms with Crippen LogP contribution in [0.3, 0.4) is 0 Å². The van der Waals surface area contributed by atoms with Gasteiger partial charge in [0.25, 0.3) is 0 Å². The second kappa shape index (κ2) is 1.58. The van der Waals surface area contributed by atoms with E-state index in [1.54, 1.807) is 6.20 Å². The minimum Gasteiger partial charge on any atom is -0.244 e. The normalized spacial score (nSPS) is 13.8. The lowest BCUT2D eigenvalue weighted by Crippen LogP contribution is -2.28. The average Bonchev–Trinajstić information content (AvgIpc) is 2.33. The van der Waals surface area contributed by atoms with Gasteiger partial charge >= 0.3 is 5.49 Å². The maximum absolute atomic E-state index is 4.09. The van der Waals surface area contributed by atoms with Crippen molar-refractivity contribution < 1.29 is 0 Å². The molecule has 0 fully saturated rings. The SMILES string of the molecule is C1=C[N+]=c2[nH]ccc2=C1. The Morgan fingerprint density at radius 1 is 1.44 bits per heavy atom. The summed E-state index contributed by atoms with van der Waals surface area (Å²) in [6.07, 6.45) is 7.62. The predicted molar refractivity (Wildman–Crippen MR) is 34.9 cm³/mol. The zero-order chi connectivity index (χ0) is 6.10. The van der Waals surface area contributed by atoms with Crippen LogP contribution in [-0.4, -0.2) is 4.98 Å². The van der Waals surface area contributed by atoms with E-state index in [1.165, 1.54) is 0 Å². The van der Waals surface area contributed by atoms with Gasteiger partial charge < -0.3 is 0 Å². The van der Waals surface area contributed by atoms with E-state index < -0.39 is 0 Å². The molecular weight excluding hydrogens is 112 g/mol. The number of aromatic amines is 1. The largest absolute Gasteiger partial charge is 0.328 e. The van der Waals surface area contributed by atoms with E-state index in [0.717, 1.165) is 10.7 Å². The Morgan fingerprint density at radius 3 is 3.33 bits per heavy atom. The van der Waals surface area contributed by atoms with E-state index in [2.05, 4.69) is 9.98 Å². The Morgan fingerprint density at radius 2 is 2.44 bits per heavy atom. The summed E-state index contributed by atoms with van der Waals surface area (Å²) >= 11 is 0. The van der Waals surface area contributed by atoms with Crippen molar-refractivity contribution in [2.75, 3.05) is 0 Å². The van der Waals surface area contributed by atoms with Gasteiger partial charge in [0, 0.05) is 0 Å². The summed E-state index contributed by atoms with van der Waals surface area (Å²) in [5.74, 6) is 0. The molecule has 0 bridgehead atoms. The van der Waals surface area contributed by atoms with Crippen LogP contribution >= 0.6 is 0 Å². The van der Waals surface area contributed by atoms with Crippen LogP contribution in [0.15, 0.2) is 24.5 Å².